The molecule has 0 spiro atoms. The topological polar surface area (TPSA) is 71.3 Å². The molecule has 0 fully saturated rings. The van der Waals surface area contributed by atoms with Crippen molar-refractivity contribution in [1.29, 1.82) is 0 Å². The van der Waals surface area contributed by atoms with Crippen LogP contribution in [0.4, 0.5) is 0 Å². The molecule has 1 aromatic heterocycles. The zero-order valence-electron chi connectivity index (χ0n) is 9.56. The van der Waals surface area contributed by atoms with E-state index in [-0.39, 0.29) is 11.8 Å². The van der Waals surface area contributed by atoms with Crippen molar-refractivity contribution in [2.24, 2.45) is 0 Å². The average molecular weight is 246 g/mol. The van der Waals surface area contributed by atoms with E-state index in [0.717, 1.165) is 12.2 Å². The molecule has 0 amide bonds. The molecule has 0 aliphatic heterocycles. The van der Waals surface area contributed by atoms with Crippen LogP contribution in [0.2, 0.25) is 0 Å². The first-order valence-corrected chi connectivity index (χ1v) is 6.92. The van der Waals surface area contributed by atoms with Crippen LogP contribution >= 0.6 is 0 Å². The molecule has 1 aromatic rings. The Balaban J connectivity index is 2.42. The van der Waals surface area contributed by atoms with Crippen LogP contribution in [0.25, 0.3) is 0 Å². The van der Waals surface area contributed by atoms with Gasteiger partial charge in [0.1, 0.15) is 5.76 Å². The number of sulfonamides is 1. The molecule has 1 unspecified atom stereocenters. The first kappa shape index (κ1) is 13.2. The van der Waals surface area contributed by atoms with Crippen LogP contribution in [0.5, 0.6) is 0 Å². The lowest BCUT2D eigenvalue weighted by Gasteiger charge is -2.14. The van der Waals surface area contributed by atoms with E-state index in [0.29, 0.717) is 6.54 Å². The maximum absolute atomic E-state index is 11.2. The number of hydrogen-bond donors (Lipinski definition) is 2. The second-order valence-corrected chi connectivity index (χ2v) is 5.50. The summed E-state index contributed by atoms with van der Waals surface area (Å²) in [4.78, 5) is 0. The first-order chi connectivity index (χ1) is 7.59. The highest BCUT2D eigenvalue weighted by atomic mass is 32.2. The van der Waals surface area contributed by atoms with Gasteiger partial charge in [0.25, 0.3) is 0 Å². The molecule has 1 rings (SSSR count). The summed E-state index contributed by atoms with van der Waals surface area (Å²) in [6.45, 7) is 2.43. The van der Waals surface area contributed by atoms with Crippen LogP contribution in [-0.4, -0.2) is 27.8 Å². The van der Waals surface area contributed by atoms with E-state index in [1.165, 1.54) is 7.05 Å². The van der Waals surface area contributed by atoms with Crippen molar-refractivity contribution in [3.05, 3.63) is 24.2 Å². The number of furan rings is 1. The van der Waals surface area contributed by atoms with Gasteiger partial charge in [-0.2, -0.15) is 0 Å². The lowest BCUT2D eigenvalue weighted by Crippen LogP contribution is -2.31. The summed E-state index contributed by atoms with van der Waals surface area (Å²) in [5.74, 6) is 0.908. The largest absolute Gasteiger partial charge is 0.468 e. The Morgan fingerprint density at radius 2 is 2.25 bits per heavy atom. The Hall–Kier alpha value is -0.850. The number of hydrogen-bond acceptors (Lipinski definition) is 4. The van der Waals surface area contributed by atoms with Gasteiger partial charge in [-0.3, -0.25) is 0 Å². The van der Waals surface area contributed by atoms with E-state index >= 15 is 0 Å². The molecule has 0 bridgehead atoms. The van der Waals surface area contributed by atoms with Crippen LogP contribution < -0.4 is 10.0 Å². The minimum atomic E-state index is -3.14. The van der Waals surface area contributed by atoms with E-state index in [4.69, 9.17) is 4.42 Å². The minimum absolute atomic E-state index is 0.0701. The molecule has 0 saturated heterocycles. The fourth-order valence-corrected chi connectivity index (χ4v) is 2.00. The molecular formula is C10H18N2O3S. The van der Waals surface area contributed by atoms with Crippen molar-refractivity contribution < 1.29 is 12.8 Å². The summed E-state index contributed by atoms with van der Waals surface area (Å²) in [5, 5.41) is 3.15. The third kappa shape index (κ3) is 3.96. The standard InChI is InChI=1S/C10H18N2O3S/c1-3-9(10-5-4-7-15-10)12-6-8-16(13,14)11-2/h4-5,7,9,11-12H,3,6,8H2,1-2H3. The second-order valence-electron chi connectivity index (χ2n) is 3.45. The van der Waals surface area contributed by atoms with Crippen molar-refractivity contribution in [2.45, 2.75) is 19.4 Å². The zero-order valence-corrected chi connectivity index (χ0v) is 10.4. The highest BCUT2D eigenvalue weighted by Gasteiger charge is 2.13. The fraction of sp³-hybridized carbons (Fsp3) is 0.600. The van der Waals surface area contributed by atoms with E-state index in [1.54, 1.807) is 6.26 Å². The molecule has 1 heterocycles. The maximum atomic E-state index is 11.2. The summed E-state index contributed by atoms with van der Waals surface area (Å²) in [6, 6.07) is 3.78. The third-order valence-electron chi connectivity index (χ3n) is 2.37. The normalized spacial score (nSPS) is 13.9. The van der Waals surface area contributed by atoms with Gasteiger partial charge in [0, 0.05) is 6.54 Å². The second kappa shape index (κ2) is 6.03. The summed E-state index contributed by atoms with van der Waals surface area (Å²) >= 11 is 0. The summed E-state index contributed by atoms with van der Waals surface area (Å²) in [7, 11) is -1.72. The van der Waals surface area contributed by atoms with Gasteiger partial charge >= 0.3 is 0 Å². The molecule has 92 valence electrons. The van der Waals surface area contributed by atoms with Gasteiger partial charge in [-0.15, -0.1) is 0 Å². The summed E-state index contributed by atoms with van der Waals surface area (Å²) in [5.41, 5.74) is 0. The van der Waals surface area contributed by atoms with Crippen LogP contribution in [0.1, 0.15) is 25.1 Å². The summed E-state index contributed by atoms with van der Waals surface area (Å²) < 4.78 is 29.9. The SMILES string of the molecule is CCC(NCCS(=O)(=O)NC)c1ccco1. The van der Waals surface area contributed by atoms with Gasteiger partial charge in [-0.05, 0) is 25.6 Å². The monoisotopic (exact) mass is 246 g/mol. The van der Waals surface area contributed by atoms with Crippen molar-refractivity contribution in [2.75, 3.05) is 19.3 Å². The molecule has 1 atom stereocenters. The van der Waals surface area contributed by atoms with Gasteiger partial charge in [0.15, 0.2) is 0 Å². The van der Waals surface area contributed by atoms with Crippen molar-refractivity contribution >= 4 is 10.0 Å². The molecule has 16 heavy (non-hydrogen) atoms. The molecule has 5 nitrogen and oxygen atoms in total. The molecule has 2 N–H and O–H groups in total. The maximum Gasteiger partial charge on any atom is 0.212 e. The Labute approximate surface area is 96.3 Å². The van der Waals surface area contributed by atoms with Crippen LogP contribution in [-0.2, 0) is 10.0 Å². The Bertz CT molecular complexity index is 386. The minimum Gasteiger partial charge on any atom is -0.468 e. The van der Waals surface area contributed by atoms with Crippen LogP contribution in [0.3, 0.4) is 0 Å². The predicted octanol–water partition coefficient (Wildman–Crippen LogP) is 0.869. The number of nitrogens with one attached hydrogen (secondary N) is 2. The van der Waals surface area contributed by atoms with Crippen molar-refractivity contribution in [1.82, 2.24) is 10.0 Å². The molecule has 0 saturated carbocycles. The highest BCUT2D eigenvalue weighted by Crippen LogP contribution is 2.16. The average Bonchev–Trinajstić information content (AvgIpc) is 2.78. The molecule has 0 aromatic carbocycles. The third-order valence-corrected chi connectivity index (χ3v) is 3.73. The molecule has 0 aliphatic carbocycles. The smallest absolute Gasteiger partial charge is 0.212 e. The van der Waals surface area contributed by atoms with Crippen LogP contribution in [0, 0.1) is 0 Å². The fourth-order valence-electron chi connectivity index (χ4n) is 1.41. The zero-order chi connectivity index (χ0) is 12.0. The van der Waals surface area contributed by atoms with E-state index in [1.807, 2.05) is 19.1 Å². The van der Waals surface area contributed by atoms with Gasteiger partial charge in [0.05, 0.1) is 18.1 Å². The summed E-state index contributed by atoms with van der Waals surface area (Å²) in [6.07, 6.45) is 2.47. The van der Waals surface area contributed by atoms with Crippen molar-refractivity contribution in [3.8, 4) is 0 Å². The number of rotatable bonds is 7. The molecular weight excluding hydrogens is 228 g/mol. The van der Waals surface area contributed by atoms with E-state index in [2.05, 4.69) is 10.0 Å². The van der Waals surface area contributed by atoms with Gasteiger partial charge in [-0.1, -0.05) is 6.92 Å². The Morgan fingerprint density at radius 3 is 2.75 bits per heavy atom. The Kier molecular flexibility index (Phi) is 4.98. The first-order valence-electron chi connectivity index (χ1n) is 5.27. The Morgan fingerprint density at radius 1 is 1.50 bits per heavy atom. The van der Waals surface area contributed by atoms with Crippen LogP contribution in [0.15, 0.2) is 22.8 Å². The lowest BCUT2D eigenvalue weighted by molar-refractivity contribution is 0.410. The van der Waals surface area contributed by atoms with Gasteiger partial charge < -0.3 is 9.73 Å². The molecule has 0 radical (unpaired) electrons. The molecule has 0 aliphatic rings. The highest BCUT2D eigenvalue weighted by molar-refractivity contribution is 7.89. The quantitative estimate of drug-likeness (QED) is 0.749. The predicted molar refractivity (Wildman–Crippen MR) is 62.6 cm³/mol. The van der Waals surface area contributed by atoms with E-state index < -0.39 is 10.0 Å². The van der Waals surface area contributed by atoms with Gasteiger partial charge in [-0.25, -0.2) is 13.1 Å². The van der Waals surface area contributed by atoms with Crippen molar-refractivity contribution in [3.63, 3.8) is 0 Å². The van der Waals surface area contributed by atoms with Gasteiger partial charge in [0.2, 0.25) is 10.0 Å². The lowest BCUT2D eigenvalue weighted by atomic mass is 10.2. The van der Waals surface area contributed by atoms with E-state index in [9.17, 15) is 8.42 Å². The molecule has 6 heteroatoms.